The standard InChI is InChI=1S/C12H16ClN5O/c1-3-4-18-6-9(13)5-10(18)12(19)17(2)7-11-14-8-15-16-11/h5-6,8H,3-4,7H2,1-2H3,(H,14,15,16). The van der Waals surface area contributed by atoms with Gasteiger partial charge in [-0.15, -0.1) is 0 Å². The van der Waals surface area contributed by atoms with Gasteiger partial charge in [0.15, 0.2) is 0 Å². The minimum atomic E-state index is -0.0863. The molecule has 2 aromatic rings. The maximum Gasteiger partial charge on any atom is 0.270 e. The van der Waals surface area contributed by atoms with Gasteiger partial charge in [-0.2, -0.15) is 5.10 Å². The Bertz CT molecular complexity index is 548. The summed E-state index contributed by atoms with van der Waals surface area (Å²) in [7, 11) is 1.72. The summed E-state index contributed by atoms with van der Waals surface area (Å²) in [4.78, 5) is 17.9. The zero-order chi connectivity index (χ0) is 13.8. The lowest BCUT2D eigenvalue weighted by atomic mass is 10.3. The van der Waals surface area contributed by atoms with Crippen LogP contribution in [0, 0.1) is 0 Å². The highest BCUT2D eigenvalue weighted by Crippen LogP contribution is 2.16. The van der Waals surface area contributed by atoms with Crippen molar-refractivity contribution >= 4 is 17.5 Å². The first kappa shape index (κ1) is 13.6. The summed E-state index contributed by atoms with van der Waals surface area (Å²) in [6.45, 7) is 3.21. The Labute approximate surface area is 116 Å². The van der Waals surface area contributed by atoms with Crippen molar-refractivity contribution in [2.45, 2.75) is 26.4 Å². The summed E-state index contributed by atoms with van der Waals surface area (Å²) < 4.78 is 1.88. The van der Waals surface area contributed by atoms with Crippen LogP contribution in [-0.4, -0.2) is 37.6 Å². The largest absolute Gasteiger partial charge is 0.342 e. The van der Waals surface area contributed by atoms with Gasteiger partial charge in [0.25, 0.3) is 5.91 Å². The first-order chi connectivity index (χ1) is 9.11. The van der Waals surface area contributed by atoms with Crippen molar-refractivity contribution in [3.8, 4) is 0 Å². The third-order valence-electron chi connectivity index (χ3n) is 2.75. The summed E-state index contributed by atoms with van der Waals surface area (Å²) in [6, 6.07) is 1.69. The van der Waals surface area contributed by atoms with Crippen LogP contribution in [0.25, 0.3) is 0 Å². The van der Waals surface area contributed by atoms with Gasteiger partial charge in [0.2, 0.25) is 0 Å². The van der Waals surface area contributed by atoms with Gasteiger partial charge in [0, 0.05) is 19.8 Å². The fourth-order valence-electron chi connectivity index (χ4n) is 1.88. The molecule has 0 spiro atoms. The average Bonchev–Trinajstić information content (AvgIpc) is 2.98. The van der Waals surface area contributed by atoms with Crippen molar-refractivity contribution in [1.82, 2.24) is 24.6 Å². The maximum atomic E-state index is 12.4. The van der Waals surface area contributed by atoms with E-state index in [1.165, 1.54) is 6.33 Å². The third kappa shape index (κ3) is 3.14. The first-order valence-corrected chi connectivity index (χ1v) is 6.45. The number of aromatic nitrogens is 4. The molecule has 0 aliphatic rings. The number of carbonyl (C=O) groups is 1. The quantitative estimate of drug-likeness (QED) is 0.911. The van der Waals surface area contributed by atoms with Crippen molar-refractivity contribution in [1.29, 1.82) is 0 Å². The second-order valence-corrected chi connectivity index (χ2v) is 4.77. The molecule has 0 aliphatic carbocycles. The van der Waals surface area contributed by atoms with Crippen molar-refractivity contribution in [2.75, 3.05) is 7.05 Å². The average molecular weight is 282 g/mol. The van der Waals surface area contributed by atoms with Gasteiger partial charge in [-0.3, -0.25) is 9.89 Å². The summed E-state index contributed by atoms with van der Waals surface area (Å²) in [5, 5.41) is 7.06. The molecule has 0 unspecified atom stereocenters. The number of nitrogens with one attached hydrogen (secondary N) is 1. The number of hydrogen-bond donors (Lipinski definition) is 1. The van der Waals surface area contributed by atoms with Gasteiger partial charge in [-0.05, 0) is 12.5 Å². The number of hydrogen-bond acceptors (Lipinski definition) is 3. The van der Waals surface area contributed by atoms with Crippen LogP contribution in [0.2, 0.25) is 5.02 Å². The molecule has 1 N–H and O–H groups in total. The highest BCUT2D eigenvalue weighted by Gasteiger charge is 2.18. The summed E-state index contributed by atoms with van der Waals surface area (Å²) >= 11 is 5.97. The van der Waals surface area contributed by atoms with E-state index in [1.807, 2.05) is 4.57 Å². The van der Waals surface area contributed by atoms with Crippen LogP contribution in [0.3, 0.4) is 0 Å². The van der Waals surface area contributed by atoms with Crippen LogP contribution < -0.4 is 0 Å². The van der Waals surface area contributed by atoms with Crippen LogP contribution in [0.5, 0.6) is 0 Å². The van der Waals surface area contributed by atoms with Gasteiger partial charge < -0.3 is 9.47 Å². The molecule has 1 amide bonds. The molecule has 7 heteroatoms. The molecule has 0 bridgehead atoms. The monoisotopic (exact) mass is 281 g/mol. The van der Waals surface area contributed by atoms with Crippen LogP contribution in [-0.2, 0) is 13.1 Å². The van der Waals surface area contributed by atoms with E-state index < -0.39 is 0 Å². The van der Waals surface area contributed by atoms with Crippen molar-refractivity contribution in [3.05, 3.63) is 35.1 Å². The van der Waals surface area contributed by atoms with Gasteiger partial charge in [-0.1, -0.05) is 18.5 Å². The lowest BCUT2D eigenvalue weighted by Gasteiger charge is -2.16. The number of H-pyrrole nitrogens is 1. The summed E-state index contributed by atoms with van der Waals surface area (Å²) in [5.41, 5.74) is 0.592. The minimum absolute atomic E-state index is 0.0863. The Morgan fingerprint density at radius 2 is 2.37 bits per heavy atom. The molecule has 0 aliphatic heterocycles. The molecule has 6 nitrogen and oxygen atoms in total. The van der Waals surface area contributed by atoms with E-state index >= 15 is 0 Å². The Kier molecular flexibility index (Phi) is 4.21. The highest BCUT2D eigenvalue weighted by molar-refractivity contribution is 6.31. The number of aromatic amines is 1. The Balaban J connectivity index is 2.14. The molecule has 0 fully saturated rings. The Morgan fingerprint density at radius 1 is 1.58 bits per heavy atom. The van der Waals surface area contributed by atoms with E-state index in [1.54, 1.807) is 24.2 Å². The van der Waals surface area contributed by atoms with E-state index in [9.17, 15) is 4.79 Å². The van der Waals surface area contributed by atoms with Crippen molar-refractivity contribution in [3.63, 3.8) is 0 Å². The smallest absolute Gasteiger partial charge is 0.270 e. The molecular formula is C12H16ClN5O. The predicted octanol–water partition coefficient (Wildman–Crippen LogP) is 1.94. The second kappa shape index (κ2) is 5.88. The molecule has 19 heavy (non-hydrogen) atoms. The molecule has 0 atom stereocenters. The van der Waals surface area contributed by atoms with Crippen molar-refractivity contribution in [2.24, 2.45) is 0 Å². The molecule has 2 heterocycles. The van der Waals surface area contributed by atoms with Crippen LogP contribution in [0.15, 0.2) is 18.6 Å². The second-order valence-electron chi connectivity index (χ2n) is 4.33. The highest BCUT2D eigenvalue weighted by atomic mass is 35.5. The number of amides is 1. The van der Waals surface area contributed by atoms with E-state index in [0.29, 0.717) is 23.1 Å². The molecule has 102 valence electrons. The van der Waals surface area contributed by atoms with Gasteiger partial charge in [0.05, 0.1) is 11.6 Å². The zero-order valence-corrected chi connectivity index (χ0v) is 11.7. The van der Waals surface area contributed by atoms with Crippen LogP contribution >= 0.6 is 11.6 Å². The van der Waals surface area contributed by atoms with Crippen molar-refractivity contribution < 1.29 is 4.79 Å². The van der Waals surface area contributed by atoms with Crippen LogP contribution in [0.1, 0.15) is 29.7 Å². The number of carbonyl (C=O) groups excluding carboxylic acids is 1. The Morgan fingerprint density at radius 3 is 3.00 bits per heavy atom. The molecule has 0 saturated heterocycles. The maximum absolute atomic E-state index is 12.4. The van der Waals surface area contributed by atoms with E-state index in [-0.39, 0.29) is 5.91 Å². The molecule has 2 rings (SSSR count). The van der Waals surface area contributed by atoms with Gasteiger partial charge in [0.1, 0.15) is 17.8 Å². The number of nitrogens with zero attached hydrogens (tertiary/aromatic N) is 4. The summed E-state index contributed by atoms with van der Waals surface area (Å²) in [6.07, 6.45) is 4.14. The fourth-order valence-corrected chi connectivity index (χ4v) is 2.10. The number of rotatable bonds is 5. The number of halogens is 1. The normalized spacial score (nSPS) is 10.7. The lowest BCUT2D eigenvalue weighted by molar-refractivity contribution is 0.0771. The summed E-state index contributed by atoms with van der Waals surface area (Å²) in [5.74, 6) is 0.562. The minimum Gasteiger partial charge on any atom is -0.342 e. The molecule has 0 saturated carbocycles. The molecule has 0 aromatic carbocycles. The predicted molar refractivity (Wildman–Crippen MR) is 71.9 cm³/mol. The SMILES string of the molecule is CCCn1cc(Cl)cc1C(=O)N(C)Cc1ncn[nH]1. The van der Waals surface area contributed by atoms with Crippen LogP contribution in [0.4, 0.5) is 0 Å². The first-order valence-electron chi connectivity index (χ1n) is 6.07. The van der Waals surface area contributed by atoms with Gasteiger partial charge >= 0.3 is 0 Å². The fraction of sp³-hybridized carbons (Fsp3) is 0.417. The van der Waals surface area contributed by atoms with E-state index in [2.05, 4.69) is 22.1 Å². The molecular weight excluding hydrogens is 266 g/mol. The molecule has 0 radical (unpaired) electrons. The zero-order valence-electron chi connectivity index (χ0n) is 10.9. The van der Waals surface area contributed by atoms with Gasteiger partial charge in [-0.25, -0.2) is 4.98 Å². The lowest BCUT2D eigenvalue weighted by Crippen LogP contribution is -2.28. The third-order valence-corrected chi connectivity index (χ3v) is 2.95. The topological polar surface area (TPSA) is 66.8 Å². The molecule has 2 aromatic heterocycles. The Hall–Kier alpha value is -1.82. The van der Waals surface area contributed by atoms with E-state index in [4.69, 9.17) is 11.6 Å². The van der Waals surface area contributed by atoms with E-state index in [0.717, 1.165) is 13.0 Å². The number of aryl methyl sites for hydroxylation is 1.